The minimum absolute atomic E-state index is 0.191. The van der Waals surface area contributed by atoms with Crippen molar-refractivity contribution in [1.29, 1.82) is 0 Å². The Morgan fingerprint density at radius 2 is 1.65 bits per heavy atom. The molecule has 1 heterocycles. The molecule has 0 unspecified atom stereocenters. The summed E-state index contributed by atoms with van der Waals surface area (Å²) >= 11 is 0. The number of hydrogen-bond acceptors (Lipinski definition) is 2. The summed E-state index contributed by atoms with van der Waals surface area (Å²) in [5.41, 5.74) is 2.25. The Morgan fingerprint density at radius 3 is 2.20 bits per heavy atom. The second kappa shape index (κ2) is 6.62. The van der Waals surface area contributed by atoms with Gasteiger partial charge in [0, 0.05) is 18.6 Å². The highest BCUT2D eigenvalue weighted by molar-refractivity contribution is 5.02. The highest BCUT2D eigenvalue weighted by Gasteiger charge is 2.35. The van der Waals surface area contributed by atoms with Crippen LogP contribution in [0.4, 0.5) is 0 Å². The molecule has 0 amide bonds. The van der Waals surface area contributed by atoms with Gasteiger partial charge in [-0.25, -0.2) is 0 Å². The van der Waals surface area contributed by atoms with E-state index in [1.165, 1.54) is 63.6 Å². The van der Waals surface area contributed by atoms with Gasteiger partial charge in [0.1, 0.15) is 0 Å². The first-order chi connectivity index (χ1) is 9.39. The lowest BCUT2D eigenvalue weighted by Crippen LogP contribution is -2.43. The van der Waals surface area contributed by atoms with Gasteiger partial charge >= 0.3 is 0 Å². The maximum atomic E-state index is 4.25. The van der Waals surface area contributed by atoms with Gasteiger partial charge in [0.05, 0.1) is 0 Å². The van der Waals surface area contributed by atoms with E-state index in [1.54, 1.807) is 0 Å². The molecule has 20 heavy (non-hydrogen) atoms. The smallest absolute Gasteiger partial charge is 0.0202 e. The van der Waals surface area contributed by atoms with Gasteiger partial charge in [-0.05, 0) is 70.5 Å². The molecule has 2 rings (SSSR count). The summed E-state index contributed by atoms with van der Waals surface area (Å²) in [5, 5.41) is 3.54. The summed E-state index contributed by atoms with van der Waals surface area (Å²) in [6, 6.07) is 0. The van der Waals surface area contributed by atoms with Crippen molar-refractivity contribution in [2.75, 3.05) is 26.2 Å². The van der Waals surface area contributed by atoms with E-state index in [4.69, 9.17) is 0 Å². The molecule has 0 aromatic carbocycles. The van der Waals surface area contributed by atoms with E-state index in [0.29, 0.717) is 0 Å². The Bertz CT molecular complexity index is 311. The van der Waals surface area contributed by atoms with Gasteiger partial charge in [-0.3, -0.25) is 4.90 Å². The van der Waals surface area contributed by atoms with E-state index in [1.807, 2.05) is 0 Å². The number of nitrogens with zero attached hydrogens (tertiary/aromatic N) is 1. The van der Waals surface area contributed by atoms with Crippen molar-refractivity contribution in [2.45, 2.75) is 71.3 Å². The van der Waals surface area contributed by atoms with Crippen LogP contribution in [0.5, 0.6) is 0 Å². The first kappa shape index (κ1) is 16.0. The van der Waals surface area contributed by atoms with E-state index in [2.05, 4.69) is 37.6 Å². The molecule has 1 aliphatic carbocycles. The Kier molecular flexibility index (Phi) is 5.30. The first-order valence-corrected chi connectivity index (χ1v) is 8.53. The third-order valence-electron chi connectivity index (χ3n) is 5.15. The predicted octanol–water partition coefficient (Wildman–Crippen LogP) is 3.98. The lowest BCUT2D eigenvalue weighted by molar-refractivity contribution is 0.0722. The van der Waals surface area contributed by atoms with Gasteiger partial charge in [-0.15, -0.1) is 0 Å². The number of likely N-dealkylation sites (tertiary alicyclic amines) is 1. The molecule has 2 aliphatic rings. The van der Waals surface area contributed by atoms with Crippen LogP contribution < -0.4 is 5.32 Å². The van der Waals surface area contributed by atoms with E-state index in [-0.39, 0.29) is 5.54 Å². The van der Waals surface area contributed by atoms with Crippen molar-refractivity contribution >= 4 is 0 Å². The minimum atomic E-state index is 0.191. The summed E-state index contributed by atoms with van der Waals surface area (Å²) < 4.78 is 0. The summed E-state index contributed by atoms with van der Waals surface area (Å²) in [5.74, 6) is 0. The Morgan fingerprint density at radius 1 is 1.05 bits per heavy atom. The SMILES string of the molecule is C=C(CNC(C)(C)C)CN1CCC2(CCCCC2)CC1. The van der Waals surface area contributed by atoms with Crippen LogP contribution in [0.3, 0.4) is 0 Å². The maximum Gasteiger partial charge on any atom is 0.0202 e. The van der Waals surface area contributed by atoms with Gasteiger partial charge in [-0.1, -0.05) is 25.8 Å². The normalized spacial score (nSPS) is 23.9. The van der Waals surface area contributed by atoms with E-state index < -0.39 is 0 Å². The standard InChI is InChI=1S/C18H34N2/c1-16(14-19-17(2,3)4)15-20-12-10-18(11-13-20)8-6-5-7-9-18/h19H,1,5-15H2,2-4H3. The summed E-state index contributed by atoms with van der Waals surface area (Å²) in [6.45, 7) is 15.5. The second-order valence-corrected chi connectivity index (χ2v) is 8.19. The zero-order chi connectivity index (χ0) is 14.6. The van der Waals surface area contributed by atoms with Gasteiger partial charge < -0.3 is 5.32 Å². The number of rotatable bonds is 4. The topological polar surface area (TPSA) is 15.3 Å². The molecule has 0 bridgehead atoms. The minimum Gasteiger partial charge on any atom is -0.308 e. The molecule has 2 fully saturated rings. The van der Waals surface area contributed by atoms with Crippen LogP contribution in [0.2, 0.25) is 0 Å². The first-order valence-electron chi connectivity index (χ1n) is 8.53. The fourth-order valence-corrected chi connectivity index (χ4v) is 3.75. The maximum absolute atomic E-state index is 4.25. The molecule has 0 aromatic rings. The fourth-order valence-electron chi connectivity index (χ4n) is 3.75. The van der Waals surface area contributed by atoms with Crippen molar-refractivity contribution in [3.63, 3.8) is 0 Å². The molecular weight excluding hydrogens is 244 g/mol. The Hall–Kier alpha value is -0.340. The van der Waals surface area contributed by atoms with E-state index >= 15 is 0 Å². The summed E-state index contributed by atoms with van der Waals surface area (Å²) in [4.78, 5) is 2.62. The molecular formula is C18H34N2. The van der Waals surface area contributed by atoms with E-state index in [0.717, 1.165) is 18.5 Å². The molecule has 1 spiro atoms. The average Bonchev–Trinajstić information content (AvgIpc) is 2.40. The molecule has 0 aromatic heterocycles. The summed E-state index contributed by atoms with van der Waals surface area (Å²) in [6.07, 6.45) is 10.3. The number of piperidine rings is 1. The highest BCUT2D eigenvalue weighted by Crippen LogP contribution is 2.44. The van der Waals surface area contributed by atoms with E-state index in [9.17, 15) is 0 Å². The fraction of sp³-hybridized carbons (Fsp3) is 0.889. The highest BCUT2D eigenvalue weighted by atomic mass is 15.1. The second-order valence-electron chi connectivity index (χ2n) is 8.19. The van der Waals surface area contributed by atoms with Crippen molar-refractivity contribution in [2.24, 2.45) is 5.41 Å². The number of hydrogen-bond donors (Lipinski definition) is 1. The molecule has 1 aliphatic heterocycles. The predicted molar refractivity (Wildman–Crippen MR) is 88.1 cm³/mol. The van der Waals surface area contributed by atoms with Crippen LogP contribution in [-0.2, 0) is 0 Å². The van der Waals surface area contributed by atoms with Crippen LogP contribution in [0, 0.1) is 5.41 Å². The van der Waals surface area contributed by atoms with Gasteiger partial charge in [0.25, 0.3) is 0 Å². The van der Waals surface area contributed by atoms with Crippen LogP contribution in [0.15, 0.2) is 12.2 Å². The monoisotopic (exact) mass is 278 g/mol. The summed E-state index contributed by atoms with van der Waals surface area (Å²) in [7, 11) is 0. The van der Waals surface area contributed by atoms with Crippen LogP contribution in [0.25, 0.3) is 0 Å². The Labute approximate surface area is 126 Å². The van der Waals surface area contributed by atoms with Gasteiger partial charge in [0.15, 0.2) is 0 Å². The third kappa shape index (κ3) is 4.89. The Balaban J connectivity index is 1.70. The van der Waals surface area contributed by atoms with Gasteiger partial charge in [-0.2, -0.15) is 0 Å². The molecule has 0 atom stereocenters. The molecule has 1 N–H and O–H groups in total. The van der Waals surface area contributed by atoms with Crippen molar-refractivity contribution in [3.05, 3.63) is 12.2 Å². The van der Waals surface area contributed by atoms with Crippen molar-refractivity contribution in [3.8, 4) is 0 Å². The lowest BCUT2D eigenvalue weighted by atomic mass is 9.68. The van der Waals surface area contributed by atoms with Crippen LogP contribution in [0.1, 0.15) is 65.7 Å². The molecule has 2 heteroatoms. The largest absolute Gasteiger partial charge is 0.308 e. The molecule has 0 radical (unpaired) electrons. The zero-order valence-electron chi connectivity index (χ0n) is 13.9. The van der Waals surface area contributed by atoms with Gasteiger partial charge in [0.2, 0.25) is 0 Å². The molecule has 116 valence electrons. The lowest BCUT2D eigenvalue weighted by Gasteiger charge is -2.44. The zero-order valence-corrected chi connectivity index (χ0v) is 13.9. The molecule has 1 saturated heterocycles. The van der Waals surface area contributed by atoms with Crippen molar-refractivity contribution < 1.29 is 0 Å². The van der Waals surface area contributed by atoms with Crippen LogP contribution >= 0.6 is 0 Å². The molecule has 2 nitrogen and oxygen atoms in total. The van der Waals surface area contributed by atoms with Crippen molar-refractivity contribution in [1.82, 2.24) is 10.2 Å². The molecule has 1 saturated carbocycles. The number of nitrogens with one attached hydrogen (secondary N) is 1. The van der Waals surface area contributed by atoms with Crippen LogP contribution in [-0.4, -0.2) is 36.6 Å². The average molecular weight is 278 g/mol. The third-order valence-corrected chi connectivity index (χ3v) is 5.15. The quantitative estimate of drug-likeness (QED) is 0.783.